The second kappa shape index (κ2) is 9.21. The average Bonchev–Trinajstić information content (AvgIpc) is 2.66. The van der Waals surface area contributed by atoms with E-state index < -0.39 is 10.0 Å². The maximum atomic E-state index is 12.8. The van der Waals surface area contributed by atoms with Crippen LogP contribution in [-0.2, 0) is 10.0 Å². The van der Waals surface area contributed by atoms with Gasteiger partial charge < -0.3 is 10.1 Å². The molecule has 2 rings (SSSR count). The van der Waals surface area contributed by atoms with Gasteiger partial charge in [0, 0.05) is 18.7 Å². The van der Waals surface area contributed by atoms with Gasteiger partial charge in [0.1, 0.15) is 5.75 Å². The van der Waals surface area contributed by atoms with Crippen molar-refractivity contribution in [3.63, 3.8) is 0 Å². The smallest absolute Gasteiger partial charge is 0.256 e. The fraction of sp³-hybridized carbons (Fsp3) is 0.381. The molecule has 0 saturated heterocycles. The van der Waals surface area contributed by atoms with E-state index in [9.17, 15) is 13.2 Å². The van der Waals surface area contributed by atoms with Crippen molar-refractivity contribution >= 4 is 21.6 Å². The minimum Gasteiger partial charge on any atom is -0.492 e. The maximum absolute atomic E-state index is 12.8. The van der Waals surface area contributed by atoms with Gasteiger partial charge >= 0.3 is 0 Å². The lowest BCUT2D eigenvalue weighted by Crippen LogP contribution is -2.30. The van der Waals surface area contributed by atoms with Gasteiger partial charge in [-0.05, 0) is 56.2 Å². The van der Waals surface area contributed by atoms with Crippen molar-refractivity contribution in [2.45, 2.75) is 39.5 Å². The Morgan fingerprint density at radius 1 is 1.07 bits per heavy atom. The number of amides is 1. The topological polar surface area (TPSA) is 75.7 Å². The second-order valence-corrected chi connectivity index (χ2v) is 8.32. The summed E-state index contributed by atoms with van der Waals surface area (Å²) >= 11 is 0. The first-order chi connectivity index (χ1) is 13.3. The Morgan fingerprint density at radius 3 is 2.36 bits per heavy atom. The van der Waals surface area contributed by atoms with Crippen LogP contribution in [0.2, 0.25) is 0 Å². The first-order valence-corrected chi connectivity index (χ1v) is 10.8. The Labute approximate surface area is 167 Å². The Balaban J connectivity index is 2.46. The molecule has 0 aliphatic heterocycles. The molecule has 0 unspecified atom stereocenters. The highest BCUT2D eigenvalue weighted by molar-refractivity contribution is 7.89. The molecule has 7 heteroatoms. The quantitative estimate of drug-likeness (QED) is 0.722. The standard InChI is InChI=1S/C21H28N2O4S/c1-6-23(7-2)28(25,26)17-12-13-20(27-8-3)19(14-17)22-21(24)18-11-9-10-15(4)16(18)5/h9-14H,6-8H2,1-5H3,(H,22,24). The van der Waals surface area contributed by atoms with Crippen LogP contribution in [-0.4, -0.2) is 38.3 Å². The van der Waals surface area contributed by atoms with E-state index in [-0.39, 0.29) is 10.8 Å². The third kappa shape index (κ3) is 4.54. The van der Waals surface area contributed by atoms with Gasteiger partial charge in [-0.1, -0.05) is 26.0 Å². The van der Waals surface area contributed by atoms with E-state index in [0.717, 1.165) is 11.1 Å². The molecule has 0 aliphatic carbocycles. The molecular formula is C21H28N2O4S. The summed E-state index contributed by atoms with van der Waals surface area (Å²) in [6.07, 6.45) is 0. The Morgan fingerprint density at radius 2 is 1.75 bits per heavy atom. The average molecular weight is 405 g/mol. The Bertz CT molecular complexity index is 951. The third-order valence-corrected chi connectivity index (χ3v) is 6.74. The fourth-order valence-electron chi connectivity index (χ4n) is 2.95. The molecule has 152 valence electrons. The molecule has 0 atom stereocenters. The molecule has 2 aromatic rings. The fourth-order valence-corrected chi connectivity index (χ4v) is 4.43. The normalized spacial score (nSPS) is 11.5. The lowest BCUT2D eigenvalue weighted by atomic mass is 10.0. The molecule has 28 heavy (non-hydrogen) atoms. The number of carbonyl (C=O) groups excluding carboxylic acids is 1. The maximum Gasteiger partial charge on any atom is 0.256 e. The number of rotatable bonds is 8. The van der Waals surface area contributed by atoms with E-state index in [4.69, 9.17) is 4.74 Å². The van der Waals surface area contributed by atoms with Crippen molar-refractivity contribution in [3.8, 4) is 5.75 Å². The van der Waals surface area contributed by atoms with Crippen LogP contribution in [0.15, 0.2) is 41.3 Å². The van der Waals surface area contributed by atoms with Crippen LogP contribution in [0.25, 0.3) is 0 Å². The number of carbonyl (C=O) groups is 1. The van der Waals surface area contributed by atoms with Gasteiger partial charge in [-0.25, -0.2) is 8.42 Å². The van der Waals surface area contributed by atoms with Crippen LogP contribution in [0.1, 0.15) is 42.3 Å². The van der Waals surface area contributed by atoms with Gasteiger partial charge in [0.05, 0.1) is 17.2 Å². The zero-order chi connectivity index (χ0) is 20.9. The predicted molar refractivity (Wildman–Crippen MR) is 112 cm³/mol. The molecule has 1 amide bonds. The highest BCUT2D eigenvalue weighted by Gasteiger charge is 2.23. The predicted octanol–water partition coefficient (Wildman–Crippen LogP) is 3.98. The van der Waals surface area contributed by atoms with Crippen LogP contribution in [0.4, 0.5) is 5.69 Å². The summed E-state index contributed by atoms with van der Waals surface area (Å²) in [6, 6.07) is 10.1. The molecule has 1 N–H and O–H groups in total. The minimum absolute atomic E-state index is 0.121. The third-order valence-electron chi connectivity index (χ3n) is 4.69. The molecule has 0 aliphatic rings. The van der Waals surface area contributed by atoms with Gasteiger partial charge in [-0.15, -0.1) is 0 Å². The first kappa shape index (κ1) is 21.9. The number of nitrogens with zero attached hydrogens (tertiary/aromatic N) is 1. The first-order valence-electron chi connectivity index (χ1n) is 9.40. The number of benzene rings is 2. The van der Waals surface area contributed by atoms with Crippen LogP contribution < -0.4 is 10.1 Å². The molecule has 0 saturated carbocycles. The highest BCUT2D eigenvalue weighted by Crippen LogP contribution is 2.30. The van der Waals surface area contributed by atoms with Crippen LogP contribution in [0, 0.1) is 13.8 Å². The van der Waals surface area contributed by atoms with Crippen LogP contribution in [0.5, 0.6) is 5.75 Å². The lowest BCUT2D eigenvalue weighted by molar-refractivity contribution is 0.102. The molecular weight excluding hydrogens is 376 g/mol. The van der Waals surface area contributed by atoms with Crippen molar-refractivity contribution in [2.75, 3.05) is 25.0 Å². The van der Waals surface area contributed by atoms with Crippen molar-refractivity contribution in [1.82, 2.24) is 4.31 Å². The molecule has 6 nitrogen and oxygen atoms in total. The Hall–Kier alpha value is -2.38. The van der Waals surface area contributed by atoms with Crippen molar-refractivity contribution in [2.24, 2.45) is 0 Å². The van der Waals surface area contributed by atoms with Crippen molar-refractivity contribution in [3.05, 3.63) is 53.1 Å². The number of sulfonamides is 1. The van der Waals surface area contributed by atoms with E-state index in [1.807, 2.05) is 32.9 Å². The molecule has 0 aromatic heterocycles. The molecule has 0 radical (unpaired) electrons. The van der Waals surface area contributed by atoms with Gasteiger partial charge in [-0.2, -0.15) is 4.31 Å². The minimum atomic E-state index is -3.64. The monoisotopic (exact) mass is 404 g/mol. The largest absolute Gasteiger partial charge is 0.492 e. The van der Waals surface area contributed by atoms with E-state index >= 15 is 0 Å². The van der Waals surface area contributed by atoms with Gasteiger partial charge in [0.2, 0.25) is 10.0 Å². The number of ether oxygens (including phenoxy) is 1. The second-order valence-electron chi connectivity index (χ2n) is 6.38. The summed E-state index contributed by atoms with van der Waals surface area (Å²) in [7, 11) is -3.64. The van der Waals surface area contributed by atoms with E-state index in [2.05, 4.69) is 5.32 Å². The summed E-state index contributed by atoms with van der Waals surface area (Å²) in [4.78, 5) is 12.9. The number of aryl methyl sites for hydroxylation is 1. The number of anilines is 1. The SMILES string of the molecule is CCOc1ccc(S(=O)(=O)N(CC)CC)cc1NC(=O)c1cccc(C)c1C. The van der Waals surface area contributed by atoms with E-state index in [0.29, 0.717) is 36.7 Å². The number of hydrogen-bond donors (Lipinski definition) is 1. The zero-order valence-electron chi connectivity index (χ0n) is 17.1. The summed E-state index contributed by atoms with van der Waals surface area (Å²) in [5, 5.41) is 2.82. The molecule has 0 bridgehead atoms. The van der Waals surface area contributed by atoms with Crippen LogP contribution in [0.3, 0.4) is 0 Å². The molecule has 0 spiro atoms. The highest BCUT2D eigenvalue weighted by atomic mass is 32.2. The van der Waals surface area contributed by atoms with E-state index in [1.54, 1.807) is 26.0 Å². The summed E-state index contributed by atoms with van der Waals surface area (Å²) in [6.45, 7) is 10.4. The molecule has 2 aromatic carbocycles. The van der Waals surface area contributed by atoms with E-state index in [1.165, 1.54) is 16.4 Å². The summed E-state index contributed by atoms with van der Waals surface area (Å²) in [5.74, 6) is 0.124. The molecule has 0 fully saturated rings. The number of nitrogens with one attached hydrogen (secondary N) is 1. The molecule has 0 heterocycles. The Kier molecular flexibility index (Phi) is 7.21. The van der Waals surface area contributed by atoms with Gasteiger partial charge in [0.25, 0.3) is 5.91 Å². The van der Waals surface area contributed by atoms with Gasteiger partial charge in [-0.3, -0.25) is 4.79 Å². The zero-order valence-corrected chi connectivity index (χ0v) is 17.9. The van der Waals surface area contributed by atoms with Crippen LogP contribution >= 0.6 is 0 Å². The van der Waals surface area contributed by atoms with Crippen molar-refractivity contribution in [1.29, 1.82) is 0 Å². The summed E-state index contributed by atoms with van der Waals surface area (Å²) < 4.78 is 32.6. The van der Waals surface area contributed by atoms with Crippen molar-refractivity contribution < 1.29 is 17.9 Å². The number of hydrogen-bond acceptors (Lipinski definition) is 4. The summed E-state index contributed by atoms with van der Waals surface area (Å²) in [5.41, 5.74) is 2.76. The lowest BCUT2D eigenvalue weighted by Gasteiger charge is -2.20. The van der Waals surface area contributed by atoms with Gasteiger partial charge in [0.15, 0.2) is 0 Å².